The Morgan fingerprint density at radius 2 is 2.32 bits per heavy atom. The van der Waals surface area contributed by atoms with Crippen LogP contribution in [0.3, 0.4) is 0 Å². The molecule has 2 heterocycles. The number of aryl methyl sites for hydroxylation is 1. The van der Waals surface area contributed by atoms with Crippen LogP contribution in [0, 0.1) is 12.8 Å². The smallest absolute Gasteiger partial charge is 0.173 e. The van der Waals surface area contributed by atoms with Gasteiger partial charge in [-0.3, -0.25) is 0 Å². The Bertz CT molecular complexity index is 488. The van der Waals surface area contributed by atoms with Gasteiger partial charge in [0.1, 0.15) is 5.82 Å². The Balaban J connectivity index is 2.31. The lowest BCUT2D eigenvalue weighted by Crippen LogP contribution is -2.28. The van der Waals surface area contributed by atoms with E-state index in [1.807, 2.05) is 26.0 Å². The van der Waals surface area contributed by atoms with Crippen molar-refractivity contribution < 1.29 is 10.3 Å². The van der Waals surface area contributed by atoms with Crippen LogP contribution < -0.4 is 10.6 Å². The molecule has 0 bridgehead atoms. The number of aromatic nitrogens is 1. The van der Waals surface area contributed by atoms with Crippen molar-refractivity contribution in [1.82, 2.24) is 4.98 Å². The molecule has 1 aliphatic heterocycles. The van der Waals surface area contributed by atoms with E-state index in [2.05, 4.69) is 15.0 Å². The molecule has 2 atom stereocenters. The summed E-state index contributed by atoms with van der Waals surface area (Å²) in [6.07, 6.45) is 0.588. The topological polar surface area (TPSA) is 95.0 Å². The maximum Gasteiger partial charge on any atom is 0.173 e. The Hall–Kier alpha value is -1.82. The van der Waals surface area contributed by atoms with E-state index >= 15 is 0 Å². The minimum Gasteiger partial charge on any atom is -0.409 e. The van der Waals surface area contributed by atoms with Crippen molar-refractivity contribution in [3.05, 3.63) is 23.4 Å². The van der Waals surface area contributed by atoms with Crippen LogP contribution in [0.15, 0.2) is 17.3 Å². The van der Waals surface area contributed by atoms with E-state index in [0.29, 0.717) is 5.56 Å². The normalized spacial score (nSPS) is 21.7. The fourth-order valence-corrected chi connectivity index (χ4v) is 2.41. The van der Waals surface area contributed by atoms with E-state index in [9.17, 15) is 5.11 Å². The van der Waals surface area contributed by atoms with Crippen LogP contribution in [0.5, 0.6) is 0 Å². The predicted molar refractivity (Wildman–Crippen MR) is 73.5 cm³/mol. The van der Waals surface area contributed by atoms with E-state index in [1.165, 1.54) is 0 Å². The zero-order chi connectivity index (χ0) is 14.0. The predicted octanol–water partition coefficient (Wildman–Crippen LogP) is 0.692. The van der Waals surface area contributed by atoms with Gasteiger partial charge in [0.05, 0.1) is 11.7 Å². The lowest BCUT2D eigenvalue weighted by Gasteiger charge is -2.21. The van der Waals surface area contributed by atoms with E-state index in [4.69, 9.17) is 10.9 Å². The van der Waals surface area contributed by atoms with Gasteiger partial charge >= 0.3 is 0 Å². The van der Waals surface area contributed by atoms with Crippen molar-refractivity contribution in [3.8, 4) is 0 Å². The number of pyridine rings is 1. The second-order valence-electron chi connectivity index (χ2n) is 5.04. The Kier molecular flexibility index (Phi) is 3.90. The van der Waals surface area contributed by atoms with Gasteiger partial charge in [0, 0.05) is 24.7 Å². The van der Waals surface area contributed by atoms with Gasteiger partial charge in [-0.25, -0.2) is 4.98 Å². The highest BCUT2D eigenvalue weighted by Crippen LogP contribution is 2.27. The van der Waals surface area contributed by atoms with Crippen LogP contribution >= 0.6 is 0 Å². The molecule has 4 N–H and O–H groups in total. The lowest BCUT2D eigenvalue weighted by atomic mass is 10.0. The standard InChI is InChI=1S/C13H20N4O2/c1-8-3-4-11(12(14)16-19)13(15-8)17-6-5-10(7-17)9(2)18/h3-4,9-10,18-19H,5-7H2,1-2H3,(H2,14,16). The van der Waals surface area contributed by atoms with Gasteiger partial charge in [-0.05, 0) is 32.4 Å². The molecule has 6 heteroatoms. The number of hydrogen-bond donors (Lipinski definition) is 3. The zero-order valence-corrected chi connectivity index (χ0v) is 11.2. The maximum atomic E-state index is 9.66. The van der Waals surface area contributed by atoms with E-state index in [0.717, 1.165) is 31.0 Å². The minimum atomic E-state index is -0.331. The Morgan fingerprint density at radius 3 is 2.89 bits per heavy atom. The summed E-state index contributed by atoms with van der Waals surface area (Å²) in [6, 6.07) is 3.64. The lowest BCUT2D eigenvalue weighted by molar-refractivity contribution is 0.136. The summed E-state index contributed by atoms with van der Waals surface area (Å²) in [6.45, 7) is 5.27. The van der Waals surface area contributed by atoms with E-state index in [-0.39, 0.29) is 17.9 Å². The average Bonchev–Trinajstić information content (AvgIpc) is 2.87. The number of amidine groups is 1. The molecule has 1 aromatic heterocycles. The maximum absolute atomic E-state index is 9.66. The third-order valence-electron chi connectivity index (χ3n) is 3.60. The summed E-state index contributed by atoms with van der Waals surface area (Å²) in [5.41, 5.74) is 7.20. The molecule has 1 saturated heterocycles. The number of oxime groups is 1. The highest BCUT2D eigenvalue weighted by Gasteiger charge is 2.28. The third kappa shape index (κ3) is 2.78. The molecule has 0 amide bonds. The summed E-state index contributed by atoms with van der Waals surface area (Å²) >= 11 is 0. The molecule has 2 unspecified atom stereocenters. The van der Waals surface area contributed by atoms with E-state index < -0.39 is 0 Å². The zero-order valence-electron chi connectivity index (χ0n) is 11.2. The van der Waals surface area contributed by atoms with Gasteiger partial charge < -0.3 is 20.9 Å². The first-order valence-corrected chi connectivity index (χ1v) is 6.41. The first-order valence-electron chi connectivity index (χ1n) is 6.41. The molecule has 0 aliphatic carbocycles. The van der Waals surface area contributed by atoms with Crippen LogP contribution in [0.4, 0.5) is 5.82 Å². The van der Waals surface area contributed by atoms with Crippen LogP contribution in [0.2, 0.25) is 0 Å². The number of anilines is 1. The van der Waals surface area contributed by atoms with Crippen LogP contribution in [0.1, 0.15) is 24.6 Å². The van der Waals surface area contributed by atoms with Gasteiger partial charge in [0.25, 0.3) is 0 Å². The van der Waals surface area contributed by atoms with Crippen molar-refractivity contribution in [2.24, 2.45) is 16.8 Å². The summed E-state index contributed by atoms with van der Waals surface area (Å²) in [5.74, 6) is 1.02. The summed E-state index contributed by atoms with van der Waals surface area (Å²) in [5, 5.41) is 21.6. The van der Waals surface area contributed by atoms with Crippen LogP contribution in [-0.4, -0.2) is 40.3 Å². The molecule has 1 aliphatic rings. The second-order valence-corrected chi connectivity index (χ2v) is 5.04. The van der Waals surface area contributed by atoms with Crippen LogP contribution in [-0.2, 0) is 0 Å². The highest BCUT2D eigenvalue weighted by molar-refractivity contribution is 6.01. The molecule has 2 rings (SSSR count). The molecular weight excluding hydrogens is 244 g/mol. The van der Waals surface area contributed by atoms with Gasteiger partial charge in [-0.1, -0.05) is 5.16 Å². The molecule has 104 valence electrons. The third-order valence-corrected chi connectivity index (χ3v) is 3.60. The molecule has 19 heavy (non-hydrogen) atoms. The summed E-state index contributed by atoms with van der Waals surface area (Å²) < 4.78 is 0. The monoisotopic (exact) mass is 264 g/mol. The number of nitrogens with two attached hydrogens (primary N) is 1. The van der Waals surface area contributed by atoms with Gasteiger partial charge in [-0.15, -0.1) is 0 Å². The van der Waals surface area contributed by atoms with Gasteiger partial charge in [-0.2, -0.15) is 0 Å². The van der Waals surface area contributed by atoms with Crippen molar-refractivity contribution >= 4 is 11.7 Å². The Morgan fingerprint density at radius 1 is 1.58 bits per heavy atom. The number of aliphatic hydroxyl groups excluding tert-OH is 1. The van der Waals surface area contributed by atoms with Crippen molar-refractivity contribution in [3.63, 3.8) is 0 Å². The second kappa shape index (κ2) is 5.44. The molecule has 1 aromatic rings. The molecular formula is C13H20N4O2. The molecule has 0 radical (unpaired) electrons. The van der Waals surface area contributed by atoms with Crippen molar-refractivity contribution in [2.75, 3.05) is 18.0 Å². The number of aliphatic hydroxyl groups is 1. The number of hydrogen-bond acceptors (Lipinski definition) is 5. The average molecular weight is 264 g/mol. The fourth-order valence-electron chi connectivity index (χ4n) is 2.41. The number of rotatable bonds is 3. The molecule has 0 aromatic carbocycles. The molecule has 1 fully saturated rings. The van der Waals surface area contributed by atoms with Crippen molar-refractivity contribution in [1.29, 1.82) is 0 Å². The Labute approximate surface area is 112 Å². The fraction of sp³-hybridized carbons (Fsp3) is 0.538. The van der Waals surface area contributed by atoms with E-state index in [1.54, 1.807) is 0 Å². The van der Waals surface area contributed by atoms with Gasteiger partial charge in [0.2, 0.25) is 0 Å². The van der Waals surface area contributed by atoms with Gasteiger partial charge in [0.15, 0.2) is 5.84 Å². The molecule has 6 nitrogen and oxygen atoms in total. The number of nitrogens with zero attached hydrogens (tertiary/aromatic N) is 3. The largest absolute Gasteiger partial charge is 0.409 e. The summed E-state index contributed by atoms with van der Waals surface area (Å²) in [7, 11) is 0. The van der Waals surface area contributed by atoms with Crippen molar-refractivity contribution in [2.45, 2.75) is 26.4 Å². The van der Waals surface area contributed by atoms with Crippen LogP contribution in [0.25, 0.3) is 0 Å². The highest BCUT2D eigenvalue weighted by atomic mass is 16.4. The first kappa shape index (κ1) is 13.6. The minimum absolute atomic E-state index is 0.0583. The molecule has 0 spiro atoms. The first-order chi connectivity index (χ1) is 9.02. The SMILES string of the molecule is Cc1ccc(/C(N)=N/O)c(N2CCC(C(C)O)C2)n1. The summed E-state index contributed by atoms with van der Waals surface area (Å²) in [4.78, 5) is 6.57. The molecule has 0 saturated carbocycles. The quantitative estimate of drug-likeness (QED) is 0.323.